The summed E-state index contributed by atoms with van der Waals surface area (Å²) < 4.78 is 0. The molecule has 0 atom stereocenters. The first kappa shape index (κ1) is 14.6. The van der Waals surface area contributed by atoms with Crippen molar-refractivity contribution in [2.24, 2.45) is 0 Å². The number of fused-ring (bicyclic) bond motifs is 2. The highest BCUT2D eigenvalue weighted by atomic mass is 14.1. The minimum absolute atomic E-state index is 1.33. The van der Waals surface area contributed by atoms with Gasteiger partial charge in [0.05, 0.1) is 0 Å². The zero-order valence-electron chi connectivity index (χ0n) is 13.8. The van der Waals surface area contributed by atoms with Crippen molar-refractivity contribution in [3.05, 3.63) is 65.4 Å². The number of hydrogen-bond donors (Lipinski definition) is 0. The molecule has 0 bridgehead atoms. The highest BCUT2D eigenvalue weighted by molar-refractivity contribution is 6.22. The molecule has 22 heavy (non-hydrogen) atoms. The van der Waals surface area contributed by atoms with Crippen LogP contribution in [0, 0.1) is 6.92 Å². The Bertz CT molecular complexity index is 1000. The van der Waals surface area contributed by atoms with Crippen LogP contribution in [-0.2, 0) is 0 Å². The number of hydrogen-bond acceptors (Lipinski definition) is 0. The quantitative estimate of drug-likeness (QED) is 0.275. The second-order valence-electron chi connectivity index (χ2n) is 5.39. The van der Waals surface area contributed by atoms with Gasteiger partial charge >= 0.3 is 0 Å². The Kier molecular flexibility index (Phi) is 3.85. The molecule has 4 rings (SSSR count). The molecule has 0 aliphatic heterocycles. The van der Waals surface area contributed by atoms with Gasteiger partial charge in [-0.15, -0.1) is 0 Å². The van der Waals surface area contributed by atoms with Crippen molar-refractivity contribution in [1.82, 2.24) is 0 Å². The van der Waals surface area contributed by atoms with Gasteiger partial charge in [0.15, 0.2) is 0 Å². The van der Waals surface area contributed by atoms with Gasteiger partial charge in [-0.25, -0.2) is 0 Å². The second kappa shape index (κ2) is 5.81. The molecule has 4 aromatic rings. The molecule has 0 N–H and O–H groups in total. The van der Waals surface area contributed by atoms with E-state index < -0.39 is 0 Å². The molecule has 0 fully saturated rings. The fourth-order valence-corrected chi connectivity index (χ4v) is 3.47. The van der Waals surface area contributed by atoms with Gasteiger partial charge in [-0.1, -0.05) is 74.5 Å². The van der Waals surface area contributed by atoms with Crippen molar-refractivity contribution >= 4 is 38.4 Å². The monoisotopic (exact) mass is 286 g/mol. The maximum Gasteiger partial charge on any atom is -0.00297 e. The van der Waals surface area contributed by atoms with E-state index in [1.807, 2.05) is 13.8 Å². The van der Waals surface area contributed by atoms with Gasteiger partial charge in [0.25, 0.3) is 0 Å². The standard InChI is InChI=1S/C20H16.C2H6/c1-3-14-7-4-11-17-18-12-6-9-15-8-5-10-16(20(15)18)13(2)19(14)17;1-2/h3-12H,1-2H3;1-2H3/b14-3-;. The van der Waals surface area contributed by atoms with Crippen LogP contribution in [0.4, 0.5) is 0 Å². The maximum absolute atomic E-state index is 2.25. The lowest BCUT2D eigenvalue weighted by Crippen LogP contribution is -2.03. The Balaban J connectivity index is 0.000000693. The number of aryl methyl sites for hydroxylation is 1. The molecule has 0 nitrogen and oxygen atoms in total. The van der Waals surface area contributed by atoms with Crippen molar-refractivity contribution in [2.45, 2.75) is 27.7 Å². The van der Waals surface area contributed by atoms with Gasteiger partial charge in [0.2, 0.25) is 0 Å². The van der Waals surface area contributed by atoms with Gasteiger partial charge < -0.3 is 0 Å². The molecule has 110 valence electrons. The van der Waals surface area contributed by atoms with Gasteiger partial charge in [-0.2, -0.15) is 0 Å². The largest absolute Gasteiger partial charge is 0.0798 e. The minimum Gasteiger partial charge on any atom is -0.0798 e. The molecule has 0 spiro atoms. The van der Waals surface area contributed by atoms with E-state index in [4.69, 9.17) is 0 Å². The molecule has 0 aliphatic rings. The molecule has 0 radical (unpaired) electrons. The summed E-state index contributed by atoms with van der Waals surface area (Å²) in [6, 6.07) is 19.8. The average molecular weight is 286 g/mol. The van der Waals surface area contributed by atoms with Crippen LogP contribution >= 0.6 is 0 Å². The summed E-state index contributed by atoms with van der Waals surface area (Å²) in [4.78, 5) is 0. The molecular weight excluding hydrogens is 264 g/mol. The third-order valence-electron chi connectivity index (χ3n) is 4.38. The summed E-state index contributed by atoms with van der Waals surface area (Å²) in [6.45, 7) is 8.36. The lowest BCUT2D eigenvalue weighted by Gasteiger charge is -2.13. The van der Waals surface area contributed by atoms with Gasteiger partial charge in [0, 0.05) is 0 Å². The van der Waals surface area contributed by atoms with Crippen LogP contribution in [0.15, 0.2) is 54.6 Å². The van der Waals surface area contributed by atoms with Crippen LogP contribution in [0.2, 0.25) is 0 Å². The van der Waals surface area contributed by atoms with Crippen LogP contribution in [0.1, 0.15) is 26.3 Å². The Labute approximate surface area is 132 Å². The zero-order chi connectivity index (χ0) is 15.7. The molecule has 0 saturated carbocycles. The molecule has 0 heteroatoms. The highest BCUT2D eigenvalue weighted by Gasteiger charge is 2.10. The van der Waals surface area contributed by atoms with Crippen molar-refractivity contribution in [3.63, 3.8) is 0 Å². The van der Waals surface area contributed by atoms with Crippen molar-refractivity contribution in [2.75, 3.05) is 0 Å². The Morgan fingerprint density at radius 1 is 0.682 bits per heavy atom. The molecule has 0 aromatic heterocycles. The second-order valence-corrected chi connectivity index (χ2v) is 5.39. The third-order valence-corrected chi connectivity index (χ3v) is 4.38. The lowest BCUT2D eigenvalue weighted by atomic mass is 9.90. The van der Waals surface area contributed by atoms with Crippen molar-refractivity contribution in [3.8, 4) is 0 Å². The summed E-state index contributed by atoms with van der Waals surface area (Å²) in [5.74, 6) is 0. The smallest absolute Gasteiger partial charge is 0.00297 e. The van der Waals surface area contributed by atoms with E-state index >= 15 is 0 Å². The van der Waals surface area contributed by atoms with Crippen molar-refractivity contribution < 1.29 is 0 Å². The van der Waals surface area contributed by atoms with E-state index in [1.54, 1.807) is 0 Å². The van der Waals surface area contributed by atoms with Gasteiger partial charge in [0.1, 0.15) is 0 Å². The first-order chi connectivity index (χ1) is 10.8. The first-order valence-corrected chi connectivity index (χ1v) is 8.10. The Morgan fingerprint density at radius 3 is 1.86 bits per heavy atom. The topological polar surface area (TPSA) is 0 Å². The van der Waals surface area contributed by atoms with Crippen LogP contribution < -0.4 is 5.22 Å². The summed E-state index contributed by atoms with van der Waals surface area (Å²) in [7, 11) is 0. The van der Waals surface area contributed by atoms with Crippen LogP contribution in [0.5, 0.6) is 0 Å². The minimum atomic E-state index is 1.33. The zero-order valence-corrected chi connectivity index (χ0v) is 13.8. The molecule has 0 aliphatic carbocycles. The number of rotatable bonds is 0. The third kappa shape index (κ3) is 1.99. The fourth-order valence-electron chi connectivity index (χ4n) is 3.47. The Hall–Kier alpha value is -2.34. The molecule has 0 unspecified atom stereocenters. The summed E-state index contributed by atoms with van der Waals surface area (Å²) in [5.41, 5.74) is 1.39. The predicted molar refractivity (Wildman–Crippen MR) is 100 cm³/mol. The molecule has 0 heterocycles. The lowest BCUT2D eigenvalue weighted by molar-refractivity contribution is 1.50. The highest BCUT2D eigenvalue weighted by Crippen LogP contribution is 2.35. The van der Waals surface area contributed by atoms with Gasteiger partial charge in [-0.05, 0) is 56.9 Å². The van der Waals surface area contributed by atoms with E-state index in [0.29, 0.717) is 0 Å². The van der Waals surface area contributed by atoms with Crippen molar-refractivity contribution in [1.29, 1.82) is 0 Å². The SMILES string of the molecule is C/C=c1/cccc2c1c(C)c1cccc3cccc2c31.CC. The van der Waals surface area contributed by atoms with E-state index in [0.717, 1.165) is 0 Å². The van der Waals surface area contributed by atoms with Gasteiger partial charge in [-0.3, -0.25) is 0 Å². The van der Waals surface area contributed by atoms with Crippen LogP contribution in [-0.4, -0.2) is 0 Å². The maximum atomic E-state index is 2.25. The average Bonchev–Trinajstić information content (AvgIpc) is 2.60. The summed E-state index contributed by atoms with van der Waals surface area (Å²) in [5, 5.41) is 9.54. The molecular formula is C22H22. The first-order valence-electron chi connectivity index (χ1n) is 8.10. The van der Waals surface area contributed by atoms with E-state index in [1.165, 1.54) is 43.1 Å². The van der Waals surface area contributed by atoms with E-state index in [-0.39, 0.29) is 0 Å². The predicted octanol–water partition coefficient (Wildman–Crippen LogP) is 6.00. The van der Waals surface area contributed by atoms with E-state index in [2.05, 4.69) is 74.5 Å². The number of benzene rings is 4. The molecule has 0 saturated heterocycles. The summed E-state index contributed by atoms with van der Waals surface area (Å²) in [6.07, 6.45) is 2.20. The molecule has 4 aromatic carbocycles. The van der Waals surface area contributed by atoms with Crippen LogP contribution in [0.25, 0.3) is 38.4 Å². The Morgan fingerprint density at radius 2 is 1.23 bits per heavy atom. The summed E-state index contributed by atoms with van der Waals surface area (Å²) >= 11 is 0. The normalized spacial score (nSPS) is 11.9. The van der Waals surface area contributed by atoms with E-state index in [9.17, 15) is 0 Å². The molecule has 0 amide bonds. The fraction of sp³-hybridized carbons (Fsp3) is 0.182. The van der Waals surface area contributed by atoms with Crippen LogP contribution in [0.3, 0.4) is 0 Å².